The van der Waals surface area contributed by atoms with Crippen LogP contribution in [-0.4, -0.2) is 47.2 Å². The second kappa shape index (κ2) is 11.5. The van der Waals surface area contributed by atoms with Gasteiger partial charge in [0, 0.05) is 26.7 Å². The Kier molecular flexibility index (Phi) is 11.0. The van der Waals surface area contributed by atoms with E-state index in [4.69, 9.17) is 9.47 Å². The van der Waals surface area contributed by atoms with Gasteiger partial charge in [-0.05, 0) is 13.8 Å². The van der Waals surface area contributed by atoms with Gasteiger partial charge in [-0.3, -0.25) is 19.2 Å². The lowest BCUT2D eigenvalue weighted by molar-refractivity contribution is -0.142. The van der Waals surface area contributed by atoms with Crippen molar-refractivity contribution < 1.29 is 28.7 Å². The number of carbonyl (C=O) groups excluding carboxylic acids is 4. The van der Waals surface area contributed by atoms with E-state index >= 15 is 0 Å². The van der Waals surface area contributed by atoms with Crippen LogP contribution in [0.3, 0.4) is 0 Å². The fourth-order valence-electron chi connectivity index (χ4n) is 1.39. The lowest BCUT2D eigenvalue weighted by Gasteiger charge is -2.17. The Morgan fingerprint density at radius 2 is 1.05 bits per heavy atom. The van der Waals surface area contributed by atoms with Crippen LogP contribution in [0.4, 0.5) is 0 Å². The molecule has 0 amide bonds. The summed E-state index contributed by atoms with van der Waals surface area (Å²) in [7, 11) is 2.58. The van der Waals surface area contributed by atoms with Gasteiger partial charge in [0.25, 0.3) is 0 Å². The van der Waals surface area contributed by atoms with E-state index in [0.29, 0.717) is 12.8 Å². The van der Waals surface area contributed by atoms with Crippen LogP contribution >= 0.6 is 21.6 Å². The number of esters is 2. The molecule has 0 heterocycles. The van der Waals surface area contributed by atoms with E-state index in [1.165, 1.54) is 49.3 Å². The van der Waals surface area contributed by atoms with Crippen molar-refractivity contribution >= 4 is 45.1 Å². The van der Waals surface area contributed by atoms with Crippen LogP contribution in [0.1, 0.15) is 40.5 Å². The van der Waals surface area contributed by atoms with Crippen LogP contribution in [0.2, 0.25) is 0 Å². The molecule has 0 saturated carbocycles. The van der Waals surface area contributed by atoms with E-state index in [-0.39, 0.29) is 47.2 Å². The van der Waals surface area contributed by atoms with Gasteiger partial charge in [0.1, 0.15) is 11.6 Å². The number of hydrogen-bond acceptors (Lipinski definition) is 8. The van der Waals surface area contributed by atoms with Gasteiger partial charge < -0.3 is 9.47 Å². The molecule has 0 fully saturated rings. The Bertz CT molecular complexity index is 372. The zero-order valence-corrected chi connectivity index (χ0v) is 14.9. The average molecular weight is 350 g/mol. The molecule has 0 aromatic heterocycles. The molecule has 2 atom stereocenters. The predicted molar refractivity (Wildman–Crippen MR) is 86.6 cm³/mol. The first-order valence-electron chi connectivity index (χ1n) is 6.83. The highest BCUT2D eigenvalue weighted by molar-refractivity contribution is 8.77. The van der Waals surface area contributed by atoms with Gasteiger partial charge in [0.15, 0.2) is 0 Å². The average Bonchev–Trinajstić information content (AvgIpc) is 2.38. The Labute approximate surface area is 138 Å². The van der Waals surface area contributed by atoms with Gasteiger partial charge >= 0.3 is 11.9 Å². The maximum Gasteiger partial charge on any atom is 0.302 e. The molecule has 0 aromatic carbocycles. The van der Waals surface area contributed by atoms with E-state index in [2.05, 4.69) is 0 Å². The van der Waals surface area contributed by atoms with E-state index in [9.17, 15) is 19.2 Å². The first kappa shape index (κ1) is 21.0. The molecule has 0 bridgehead atoms. The highest BCUT2D eigenvalue weighted by Crippen LogP contribution is 2.35. The Morgan fingerprint density at radius 3 is 1.27 bits per heavy atom. The van der Waals surface area contributed by atoms with Crippen LogP contribution in [0, 0.1) is 0 Å². The molecule has 8 heteroatoms. The van der Waals surface area contributed by atoms with Crippen molar-refractivity contribution in [2.75, 3.05) is 13.2 Å². The zero-order chi connectivity index (χ0) is 17.1. The molecule has 0 unspecified atom stereocenters. The SMILES string of the molecule is CC(=O)OCC[C@@H](SS[C@H](CCOC(C)=O)C(C)=O)C(C)=O. The highest BCUT2D eigenvalue weighted by atomic mass is 33.1. The van der Waals surface area contributed by atoms with Crippen molar-refractivity contribution in [1.82, 2.24) is 0 Å². The highest BCUT2D eigenvalue weighted by Gasteiger charge is 2.21. The van der Waals surface area contributed by atoms with E-state index < -0.39 is 0 Å². The fraction of sp³-hybridized carbons (Fsp3) is 0.714. The summed E-state index contributed by atoms with van der Waals surface area (Å²) in [6.45, 7) is 5.90. The van der Waals surface area contributed by atoms with Crippen molar-refractivity contribution in [3.8, 4) is 0 Å². The summed E-state index contributed by atoms with van der Waals surface area (Å²) in [5.41, 5.74) is 0. The maximum atomic E-state index is 11.6. The minimum Gasteiger partial charge on any atom is -0.466 e. The molecule has 0 saturated heterocycles. The molecule has 22 heavy (non-hydrogen) atoms. The Hall–Kier alpha value is -1.02. The third-order valence-electron chi connectivity index (χ3n) is 2.57. The molecule has 0 aliphatic carbocycles. The number of Topliss-reactive ketones (excluding diaryl/α,β-unsaturated/α-hetero) is 2. The van der Waals surface area contributed by atoms with Gasteiger partial charge in [-0.2, -0.15) is 0 Å². The van der Waals surface area contributed by atoms with Crippen molar-refractivity contribution in [3.05, 3.63) is 0 Å². The van der Waals surface area contributed by atoms with Crippen LogP contribution in [0.25, 0.3) is 0 Å². The van der Waals surface area contributed by atoms with Crippen molar-refractivity contribution in [2.45, 2.75) is 51.0 Å². The van der Waals surface area contributed by atoms with E-state index in [1.54, 1.807) is 0 Å². The summed E-state index contributed by atoms with van der Waals surface area (Å²) >= 11 is 0. The summed E-state index contributed by atoms with van der Waals surface area (Å²) in [6, 6.07) is 0. The number of rotatable bonds is 11. The van der Waals surface area contributed by atoms with Gasteiger partial charge in [0.05, 0.1) is 23.7 Å². The Morgan fingerprint density at radius 1 is 0.727 bits per heavy atom. The second-order valence-electron chi connectivity index (χ2n) is 4.65. The monoisotopic (exact) mass is 350 g/mol. The summed E-state index contributed by atoms with van der Waals surface area (Å²) in [4.78, 5) is 44.6. The van der Waals surface area contributed by atoms with Crippen molar-refractivity contribution in [1.29, 1.82) is 0 Å². The summed E-state index contributed by atoms with van der Waals surface area (Å²) in [5.74, 6) is -0.843. The number of hydrogen-bond donors (Lipinski definition) is 0. The van der Waals surface area contributed by atoms with E-state index in [0.717, 1.165) is 0 Å². The predicted octanol–water partition coefficient (Wildman–Crippen LogP) is 2.19. The second-order valence-corrected chi connectivity index (χ2v) is 7.33. The molecule has 6 nitrogen and oxygen atoms in total. The zero-order valence-electron chi connectivity index (χ0n) is 13.2. The van der Waals surface area contributed by atoms with Crippen molar-refractivity contribution in [3.63, 3.8) is 0 Å². The van der Waals surface area contributed by atoms with Crippen molar-refractivity contribution in [2.24, 2.45) is 0 Å². The third-order valence-corrected chi connectivity index (χ3v) is 6.00. The van der Waals surface area contributed by atoms with Crippen LogP contribution in [0.5, 0.6) is 0 Å². The Balaban J connectivity index is 4.31. The van der Waals surface area contributed by atoms with E-state index in [1.807, 2.05) is 0 Å². The lowest BCUT2D eigenvalue weighted by Crippen LogP contribution is -2.20. The number of ketones is 2. The minimum atomic E-state index is -0.386. The van der Waals surface area contributed by atoms with Gasteiger partial charge in [0.2, 0.25) is 0 Å². The topological polar surface area (TPSA) is 86.7 Å². The van der Waals surface area contributed by atoms with Crippen LogP contribution in [-0.2, 0) is 28.7 Å². The van der Waals surface area contributed by atoms with Crippen LogP contribution in [0.15, 0.2) is 0 Å². The molecular weight excluding hydrogens is 328 g/mol. The molecule has 126 valence electrons. The fourth-order valence-corrected chi connectivity index (χ4v) is 4.51. The van der Waals surface area contributed by atoms with Crippen LogP contribution < -0.4 is 0 Å². The maximum absolute atomic E-state index is 11.6. The normalized spacial score (nSPS) is 13.1. The molecule has 0 aliphatic rings. The largest absolute Gasteiger partial charge is 0.466 e. The van der Waals surface area contributed by atoms with Gasteiger partial charge in [-0.15, -0.1) is 0 Å². The molecule has 0 N–H and O–H groups in total. The molecule has 0 radical (unpaired) electrons. The van der Waals surface area contributed by atoms with Gasteiger partial charge in [-0.1, -0.05) is 21.6 Å². The summed E-state index contributed by atoms with van der Waals surface area (Å²) < 4.78 is 9.66. The minimum absolute atomic E-state index is 0.0352. The molecule has 0 aliphatic heterocycles. The summed E-state index contributed by atoms with van der Waals surface area (Å²) in [6.07, 6.45) is 0.808. The van der Waals surface area contributed by atoms with Gasteiger partial charge in [-0.25, -0.2) is 0 Å². The first-order chi connectivity index (χ1) is 10.2. The molecule has 0 rings (SSSR count). The molecule has 0 spiro atoms. The standard InChI is InChI=1S/C14H22O6S2/c1-9(15)13(5-7-19-11(3)17)21-22-14(10(2)16)6-8-20-12(4)18/h13-14H,5-8H2,1-4H3/t13-,14-/m1/s1. The smallest absolute Gasteiger partial charge is 0.302 e. The quantitative estimate of drug-likeness (QED) is 0.414. The molecule has 0 aromatic rings. The third kappa shape index (κ3) is 10.7. The first-order valence-corrected chi connectivity index (χ1v) is 9.11. The number of carbonyl (C=O) groups is 4. The summed E-state index contributed by atoms with van der Waals surface area (Å²) in [5, 5.41) is -0.695. The lowest BCUT2D eigenvalue weighted by atomic mass is 10.2. The molecular formula is C14H22O6S2. The number of ether oxygens (including phenoxy) is 2.